The third-order valence-corrected chi connectivity index (χ3v) is 4.08. The highest BCUT2D eigenvalue weighted by Crippen LogP contribution is 2.23. The van der Waals surface area contributed by atoms with Crippen LogP contribution in [-0.2, 0) is 11.3 Å². The van der Waals surface area contributed by atoms with Gasteiger partial charge in [0.1, 0.15) is 5.82 Å². The maximum atomic E-state index is 11.6. The highest BCUT2D eigenvalue weighted by atomic mass is 35.5. The lowest BCUT2D eigenvalue weighted by Crippen LogP contribution is -2.27. The SMILES string of the molecule is C=CC(=O)NC(C)c1nc2ccccc2n1Cc1cccc(Cl)c1. The molecule has 0 saturated heterocycles. The van der Waals surface area contributed by atoms with Gasteiger partial charge in [0.2, 0.25) is 5.91 Å². The van der Waals surface area contributed by atoms with Gasteiger partial charge in [0.15, 0.2) is 0 Å². The van der Waals surface area contributed by atoms with E-state index in [0.29, 0.717) is 11.6 Å². The molecule has 1 unspecified atom stereocenters. The molecular weight excluding hydrogens is 322 g/mol. The summed E-state index contributed by atoms with van der Waals surface area (Å²) in [5, 5.41) is 3.58. The number of benzene rings is 2. The molecular formula is C19H18ClN3O. The number of fused-ring (bicyclic) bond motifs is 1. The number of hydrogen-bond donors (Lipinski definition) is 1. The normalized spacial score (nSPS) is 12.1. The van der Waals surface area contributed by atoms with Gasteiger partial charge in [-0.2, -0.15) is 0 Å². The summed E-state index contributed by atoms with van der Waals surface area (Å²) in [4.78, 5) is 16.3. The van der Waals surface area contributed by atoms with Crippen LogP contribution < -0.4 is 5.32 Å². The van der Waals surface area contributed by atoms with E-state index in [1.807, 2.05) is 55.5 Å². The average Bonchev–Trinajstić information content (AvgIpc) is 2.93. The molecule has 4 nitrogen and oxygen atoms in total. The van der Waals surface area contributed by atoms with Crippen LogP contribution >= 0.6 is 11.6 Å². The zero-order chi connectivity index (χ0) is 17.1. The monoisotopic (exact) mass is 339 g/mol. The molecule has 24 heavy (non-hydrogen) atoms. The molecule has 0 aliphatic rings. The predicted octanol–water partition coefficient (Wildman–Crippen LogP) is 4.10. The van der Waals surface area contributed by atoms with Gasteiger partial charge in [0.05, 0.1) is 17.1 Å². The lowest BCUT2D eigenvalue weighted by Gasteiger charge is -2.15. The predicted molar refractivity (Wildman–Crippen MR) is 97.0 cm³/mol. The van der Waals surface area contributed by atoms with E-state index in [1.54, 1.807) is 0 Å². The number of carbonyl (C=O) groups is 1. The summed E-state index contributed by atoms with van der Waals surface area (Å²) >= 11 is 6.10. The zero-order valence-corrected chi connectivity index (χ0v) is 14.1. The number of nitrogens with one attached hydrogen (secondary N) is 1. The van der Waals surface area contributed by atoms with Gasteiger partial charge in [-0.3, -0.25) is 4.79 Å². The van der Waals surface area contributed by atoms with Gasteiger partial charge in [0, 0.05) is 11.6 Å². The summed E-state index contributed by atoms with van der Waals surface area (Å²) in [6, 6.07) is 15.4. The standard InChI is InChI=1S/C19H18ClN3O/c1-3-18(24)21-13(2)19-22-16-9-4-5-10-17(16)23(19)12-14-7-6-8-15(20)11-14/h3-11,13H,1,12H2,2H3,(H,21,24). The summed E-state index contributed by atoms with van der Waals surface area (Å²) in [5.74, 6) is 0.579. The Hall–Kier alpha value is -2.59. The van der Waals surface area contributed by atoms with E-state index < -0.39 is 0 Å². The highest BCUT2D eigenvalue weighted by molar-refractivity contribution is 6.30. The zero-order valence-electron chi connectivity index (χ0n) is 13.4. The van der Waals surface area contributed by atoms with Crippen molar-refractivity contribution >= 4 is 28.5 Å². The molecule has 3 aromatic rings. The molecule has 0 spiro atoms. The van der Waals surface area contributed by atoms with Gasteiger partial charge < -0.3 is 9.88 Å². The van der Waals surface area contributed by atoms with Crippen molar-refractivity contribution in [2.24, 2.45) is 0 Å². The Morgan fingerprint density at radius 3 is 2.88 bits per heavy atom. The maximum Gasteiger partial charge on any atom is 0.243 e. The molecule has 1 heterocycles. The summed E-state index contributed by atoms with van der Waals surface area (Å²) < 4.78 is 2.11. The fourth-order valence-corrected chi connectivity index (χ4v) is 2.96. The van der Waals surface area contributed by atoms with E-state index in [4.69, 9.17) is 16.6 Å². The van der Waals surface area contributed by atoms with E-state index in [9.17, 15) is 4.79 Å². The quantitative estimate of drug-likeness (QED) is 0.711. The van der Waals surface area contributed by atoms with Crippen LogP contribution in [0.4, 0.5) is 0 Å². The molecule has 2 aromatic carbocycles. The fourth-order valence-electron chi connectivity index (χ4n) is 2.75. The van der Waals surface area contributed by atoms with E-state index in [2.05, 4.69) is 16.5 Å². The second-order valence-corrected chi connectivity index (χ2v) is 6.05. The number of para-hydroxylation sites is 2. The number of imidazole rings is 1. The van der Waals surface area contributed by atoms with E-state index in [1.165, 1.54) is 6.08 Å². The molecule has 1 N–H and O–H groups in total. The number of carbonyl (C=O) groups excluding carboxylic acids is 1. The minimum absolute atomic E-state index is 0.219. The van der Waals surface area contributed by atoms with Gasteiger partial charge in [-0.25, -0.2) is 4.98 Å². The van der Waals surface area contributed by atoms with Crippen molar-refractivity contribution in [3.8, 4) is 0 Å². The summed E-state index contributed by atoms with van der Waals surface area (Å²) in [5.41, 5.74) is 3.00. The van der Waals surface area contributed by atoms with Gasteiger partial charge in [-0.15, -0.1) is 0 Å². The lowest BCUT2D eigenvalue weighted by atomic mass is 10.2. The number of nitrogens with zero attached hydrogens (tertiary/aromatic N) is 2. The summed E-state index contributed by atoms with van der Waals surface area (Å²) in [6.07, 6.45) is 1.26. The Labute approximate surface area is 145 Å². The fraction of sp³-hybridized carbons (Fsp3) is 0.158. The molecule has 3 rings (SSSR count). The first-order valence-corrected chi connectivity index (χ1v) is 8.09. The number of aromatic nitrogens is 2. The Bertz CT molecular complexity index is 901. The molecule has 0 aliphatic heterocycles. The third-order valence-electron chi connectivity index (χ3n) is 3.85. The first-order valence-electron chi connectivity index (χ1n) is 7.71. The largest absolute Gasteiger partial charge is 0.343 e. The molecule has 0 radical (unpaired) electrons. The number of rotatable bonds is 5. The van der Waals surface area contributed by atoms with Crippen molar-refractivity contribution in [3.63, 3.8) is 0 Å². The van der Waals surface area contributed by atoms with Gasteiger partial charge in [0.25, 0.3) is 0 Å². The minimum Gasteiger partial charge on any atom is -0.343 e. The molecule has 5 heteroatoms. The van der Waals surface area contributed by atoms with Crippen molar-refractivity contribution < 1.29 is 4.79 Å². The van der Waals surface area contributed by atoms with Crippen LogP contribution in [0.25, 0.3) is 11.0 Å². The first-order chi connectivity index (χ1) is 11.6. The summed E-state index contributed by atoms with van der Waals surface area (Å²) in [7, 11) is 0. The molecule has 0 saturated carbocycles. The Morgan fingerprint density at radius 2 is 2.12 bits per heavy atom. The van der Waals surface area contributed by atoms with E-state index in [0.717, 1.165) is 22.4 Å². The molecule has 0 bridgehead atoms. The Morgan fingerprint density at radius 1 is 1.33 bits per heavy atom. The van der Waals surface area contributed by atoms with Crippen molar-refractivity contribution in [3.05, 3.63) is 77.6 Å². The number of hydrogen-bond acceptors (Lipinski definition) is 2. The maximum absolute atomic E-state index is 11.6. The van der Waals surface area contributed by atoms with Crippen LogP contribution in [0.3, 0.4) is 0 Å². The van der Waals surface area contributed by atoms with Crippen LogP contribution in [-0.4, -0.2) is 15.5 Å². The molecule has 1 atom stereocenters. The van der Waals surface area contributed by atoms with Crippen LogP contribution in [0.5, 0.6) is 0 Å². The third kappa shape index (κ3) is 3.34. The van der Waals surface area contributed by atoms with Gasteiger partial charge in [-0.1, -0.05) is 42.4 Å². The topological polar surface area (TPSA) is 46.9 Å². The van der Waals surface area contributed by atoms with Crippen molar-refractivity contribution in [2.45, 2.75) is 19.5 Å². The second kappa shape index (κ2) is 6.89. The van der Waals surface area contributed by atoms with Crippen LogP contribution in [0.1, 0.15) is 24.4 Å². The second-order valence-electron chi connectivity index (χ2n) is 5.61. The lowest BCUT2D eigenvalue weighted by molar-refractivity contribution is -0.117. The van der Waals surface area contributed by atoms with Gasteiger partial charge >= 0.3 is 0 Å². The molecule has 0 aliphatic carbocycles. The van der Waals surface area contributed by atoms with Crippen molar-refractivity contribution in [2.75, 3.05) is 0 Å². The van der Waals surface area contributed by atoms with Crippen LogP contribution in [0.15, 0.2) is 61.2 Å². The highest BCUT2D eigenvalue weighted by Gasteiger charge is 2.17. The van der Waals surface area contributed by atoms with Crippen molar-refractivity contribution in [1.82, 2.24) is 14.9 Å². The van der Waals surface area contributed by atoms with E-state index in [-0.39, 0.29) is 11.9 Å². The van der Waals surface area contributed by atoms with Crippen LogP contribution in [0.2, 0.25) is 5.02 Å². The Balaban J connectivity index is 2.04. The first kappa shape index (κ1) is 16.3. The smallest absolute Gasteiger partial charge is 0.243 e. The number of halogens is 1. The summed E-state index contributed by atoms with van der Waals surface area (Å²) in [6.45, 7) is 6.04. The molecule has 0 fully saturated rings. The number of amides is 1. The van der Waals surface area contributed by atoms with Gasteiger partial charge in [-0.05, 0) is 42.8 Å². The van der Waals surface area contributed by atoms with Crippen LogP contribution in [0, 0.1) is 0 Å². The molecule has 1 amide bonds. The minimum atomic E-state index is -0.234. The van der Waals surface area contributed by atoms with Crippen molar-refractivity contribution in [1.29, 1.82) is 0 Å². The van der Waals surface area contributed by atoms with E-state index >= 15 is 0 Å². The average molecular weight is 340 g/mol. The Kier molecular flexibility index (Phi) is 4.67. The molecule has 1 aromatic heterocycles. The molecule has 122 valence electrons.